The summed E-state index contributed by atoms with van der Waals surface area (Å²) in [6.45, 7) is 2.50. The number of fused-ring (bicyclic) bond motifs is 1. The van der Waals surface area contributed by atoms with Gasteiger partial charge >= 0.3 is 0 Å². The van der Waals surface area contributed by atoms with E-state index in [0.29, 0.717) is 12.4 Å². The lowest BCUT2D eigenvalue weighted by atomic mass is 10.2. The summed E-state index contributed by atoms with van der Waals surface area (Å²) >= 11 is 0. The predicted octanol–water partition coefficient (Wildman–Crippen LogP) is 2.09. The Morgan fingerprint density at radius 3 is 2.65 bits per heavy atom. The van der Waals surface area contributed by atoms with E-state index in [9.17, 15) is 0 Å². The first-order valence-electron chi connectivity index (χ1n) is 7.23. The van der Waals surface area contributed by atoms with Gasteiger partial charge in [-0.3, -0.25) is 0 Å². The number of methoxy groups -OCH3 is 2. The second-order valence-electron chi connectivity index (χ2n) is 5.23. The van der Waals surface area contributed by atoms with Gasteiger partial charge in [0, 0.05) is 25.2 Å². The normalized spacial score (nSPS) is 10.8. The summed E-state index contributed by atoms with van der Waals surface area (Å²) in [6, 6.07) is 9.62. The number of aryl methyl sites for hydroxylation is 1. The van der Waals surface area contributed by atoms with Crippen molar-refractivity contribution < 1.29 is 9.47 Å². The number of benzene rings is 1. The molecule has 0 saturated heterocycles. The number of rotatable bonds is 5. The van der Waals surface area contributed by atoms with E-state index in [1.165, 1.54) is 0 Å². The molecular weight excluding hydrogens is 294 g/mol. The molecular formula is C16H19N5O2. The quantitative estimate of drug-likeness (QED) is 0.718. The van der Waals surface area contributed by atoms with Crippen LogP contribution in [0.15, 0.2) is 30.3 Å². The van der Waals surface area contributed by atoms with Crippen LogP contribution in [0.2, 0.25) is 0 Å². The lowest BCUT2D eigenvalue weighted by Crippen LogP contribution is -2.19. The number of aromatic nitrogens is 4. The second-order valence-corrected chi connectivity index (χ2v) is 5.23. The number of hydrogen-bond donors (Lipinski definition) is 0. The van der Waals surface area contributed by atoms with Gasteiger partial charge < -0.3 is 14.4 Å². The van der Waals surface area contributed by atoms with E-state index in [-0.39, 0.29) is 0 Å². The Morgan fingerprint density at radius 1 is 1.09 bits per heavy atom. The van der Waals surface area contributed by atoms with Gasteiger partial charge in [-0.15, -0.1) is 14.8 Å². The summed E-state index contributed by atoms with van der Waals surface area (Å²) in [5.74, 6) is 3.06. The van der Waals surface area contributed by atoms with Crippen molar-refractivity contribution in [3.8, 4) is 11.5 Å². The molecule has 0 atom stereocenters. The molecule has 0 bridgehead atoms. The van der Waals surface area contributed by atoms with Crippen molar-refractivity contribution in [2.24, 2.45) is 0 Å². The molecule has 2 aromatic heterocycles. The minimum atomic E-state index is 0.652. The van der Waals surface area contributed by atoms with E-state index in [1.54, 1.807) is 18.8 Å². The summed E-state index contributed by atoms with van der Waals surface area (Å²) in [5.41, 5.74) is 1.79. The molecule has 0 saturated carbocycles. The van der Waals surface area contributed by atoms with Gasteiger partial charge in [0.25, 0.3) is 0 Å². The molecule has 120 valence electrons. The predicted molar refractivity (Wildman–Crippen MR) is 87.2 cm³/mol. The first kappa shape index (κ1) is 15.1. The third-order valence-electron chi connectivity index (χ3n) is 3.59. The average molecular weight is 313 g/mol. The molecule has 1 aromatic carbocycles. The minimum absolute atomic E-state index is 0.652. The van der Waals surface area contributed by atoms with E-state index >= 15 is 0 Å². The molecule has 0 aliphatic carbocycles. The van der Waals surface area contributed by atoms with Crippen LogP contribution in [0.4, 0.5) is 5.82 Å². The van der Waals surface area contributed by atoms with Crippen LogP contribution < -0.4 is 14.4 Å². The highest BCUT2D eigenvalue weighted by Crippen LogP contribution is 2.26. The Labute approximate surface area is 134 Å². The van der Waals surface area contributed by atoms with Gasteiger partial charge in [-0.05, 0) is 31.2 Å². The van der Waals surface area contributed by atoms with Gasteiger partial charge in [0.1, 0.15) is 17.3 Å². The smallest absolute Gasteiger partial charge is 0.176 e. The lowest BCUT2D eigenvalue weighted by molar-refractivity contribution is 0.391. The molecule has 23 heavy (non-hydrogen) atoms. The maximum Gasteiger partial charge on any atom is 0.176 e. The molecule has 3 rings (SSSR count). The van der Waals surface area contributed by atoms with Gasteiger partial charge in [-0.2, -0.15) is 0 Å². The Morgan fingerprint density at radius 2 is 1.91 bits per heavy atom. The highest BCUT2D eigenvalue weighted by Gasteiger charge is 2.11. The highest BCUT2D eigenvalue weighted by molar-refractivity contribution is 5.47. The van der Waals surface area contributed by atoms with Crippen LogP contribution >= 0.6 is 0 Å². The number of hydrogen-bond acceptors (Lipinski definition) is 6. The Hall–Kier alpha value is -2.83. The molecule has 0 unspecified atom stereocenters. The zero-order chi connectivity index (χ0) is 16.4. The van der Waals surface area contributed by atoms with Crippen LogP contribution in [0.1, 0.15) is 11.4 Å². The minimum Gasteiger partial charge on any atom is -0.497 e. The SMILES string of the molecule is COc1ccc(CN(C)c2ccc3nc(C)nn3n2)c(OC)c1. The molecule has 0 spiro atoms. The van der Waals surface area contributed by atoms with Crippen LogP contribution in [0.25, 0.3) is 5.65 Å². The van der Waals surface area contributed by atoms with Crippen LogP contribution in [-0.2, 0) is 6.54 Å². The Balaban J connectivity index is 1.86. The van der Waals surface area contributed by atoms with Crippen molar-refractivity contribution in [2.75, 3.05) is 26.2 Å². The molecule has 0 amide bonds. The van der Waals surface area contributed by atoms with Crippen molar-refractivity contribution in [1.82, 2.24) is 19.8 Å². The molecule has 7 heteroatoms. The standard InChI is InChI=1S/C16H19N5O2/c1-11-17-15-7-8-16(19-21(15)18-11)20(2)10-12-5-6-13(22-3)9-14(12)23-4/h5-9H,10H2,1-4H3. The van der Waals surface area contributed by atoms with Crippen LogP contribution in [-0.4, -0.2) is 41.1 Å². The third kappa shape index (κ3) is 3.03. The van der Waals surface area contributed by atoms with E-state index in [2.05, 4.69) is 15.2 Å². The van der Waals surface area contributed by atoms with Crippen molar-refractivity contribution >= 4 is 11.5 Å². The van der Waals surface area contributed by atoms with Gasteiger partial charge in [-0.1, -0.05) is 0 Å². The van der Waals surface area contributed by atoms with Crippen molar-refractivity contribution in [1.29, 1.82) is 0 Å². The summed E-state index contributed by atoms with van der Waals surface area (Å²) in [5, 5.41) is 8.73. The number of ether oxygens (including phenoxy) is 2. The maximum atomic E-state index is 5.44. The van der Waals surface area contributed by atoms with Gasteiger partial charge in [0.05, 0.1) is 14.2 Å². The first-order valence-corrected chi connectivity index (χ1v) is 7.23. The fourth-order valence-electron chi connectivity index (χ4n) is 2.40. The van der Waals surface area contributed by atoms with Crippen LogP contribution in [0, 0.1) is 6.92 Å². The molecule has 0 N–H and O–H groups in total. The van der Waals surface area contributed by atoms with E-state index in [0.717, 1.165) is 28.5 Å². The van der Waals surface area contributed by atoms with Crippen molar-refractivity contribution in [2.45, 2.75) is 13.5 Å². The zero-order valence-electron chi connectivity index (χ0n) is 13.6. The number of nitrogens with zero attached hydrogens (tertiary/aromatic N) is 5. The molecule has 2 heterocycles. The summed E-state index contributed by atoms with van der Waals surface area (Å²) in [6.07, 6.45) is 0. The lowest BCUT2D eigenvalue weighted by Gasteiger charge is -2.19. The van der Waals surface area contributed by atoms with Gasteiger partial charge in [-0.25, -0.2) is 4.98 Å². The fourth-order valence-corrected chi connectivity index (χ4v) is 2.40. The number of anilines is 1. The van der Waals surface area contributed by atoms with Crippen LogP contribution in [0.3, 0.4) is 0 Å². The van der Waals surface area contributed by atoms with E-state index in [1.807, 2.05) is 49.2 Å². The average Bonchev–Trinajstić information content (AvgIpc) is 2.94. The summed E-state index contributed by atoms with van der Waals surface area (Å²) in [4.78, 5) is 6.31. The molecule has 0 aliphatic heterocycles. The first-order chi connectivity index (χ1) is 11.1. The maximum absolute atomic E-state index is 5.44. The van der Waals surface area contributed by atoms with Gasteiger partial charge in [0.2, 0.25) is 0 Å². The Bertz CT molecular complexity index is 830. The summed E-state index contributed by atoms with van der Waals surface area (Å²) in [7, 11) is 5.27. The Kier molecular flexibility index (Phi) is 4.01. The molecule has 7 nitrogen and oxygen atoms in total. The fraction of sp³-hybridized carbons (Fsp3) is 0.312. The topological polar surface area (TPSA) is 64.8 Å². The zero-order valence-corrected chi connectivity index (χ0v) is 13.6. The highest BCUT2D eigenvalue weighted by atomic mass is 16.5. The molecule has 0 radical (unpaired) electrons. The molecule has 0 fully saturated rings. The van der Waals surface area contributed by atoms with E-state index in [4.69, 9.17) is 9.47 Å². The largest absolute Gasteiger partial charge is 0.497 e. The van der Waals surface area contributed by atoms with Crippen molar-refractivity contribution in [3.05, 3.63) is 41.7 Å². The monoisotopic (exact) mass is 313 g/mol. The second kappa shape index (κ2) is 6.12. The summed E-state index contributed by atoms with van der Waals surface area (Å²) < 4.78 is 12.2. The van der Waals surface area contributed by atoms with Gasteiger partial charge in [0.15, 0.2) is 11.5 Å². The van der Waals surface area contributed by atoms with E-state index < -0.39 is 0 Å². The third-order valence-corrected chi connectivity index (χ3v) is 3.59. The van der Waals surface area contributed by atoms with Crippen LogP contribution in [0.5, 0.6) is 11.5 Å². The molecule has 0 aliphatic rings. The molecule has 3 aromatic rings. The van der Waals surface area contributed by atoms with Crippen molar-refractivity contribution in [3.63, 3.8) is 0 Å².